The molecule has 0 radical (unpaired) electrons. The lowest BCUT2D eigenvalue weighted by atomic mass is 10.2. The molecule has 0 aliphatic rings. The Morgan fingerprint density at radius 2 is 1.58 bits per heavy atom. The number of primary amides is 1. The van der Waals surface area contributed by atoms with Crippen LogP contribution in [0.15, 0.2) is 42.5 Å². The molecule has 0 saturated heterocycles. The van der Waals surface area contributed by atoms with Crippen molar-refractivity contribution in [3.05, 3.63) is 48.0 Å². The van der Waals surface area contributed by atoms with Crippen LogP contribution in [-0.2, 0) is 4.79 Å². The van der Waals surface area contributed by atoms with Crippen molar-refractivity contribution in [1.82, 2.24) is 0 Å². The van der Waals surface area contributed by atoms with Gasteiger partial charge in [-0.15, -0.1) is 0 Å². The Kier molecular flexibility index (Phi) is 5.62. The summed E-state index contributed by atoms with van der Waals surface area (Å²) in [5, 5.41) is 0. The van der Waals surface area contributed by atoms with Gasteiger partial charge in [0.2, 0.25) is 5.75 Å². The lowest BCUT2D eigenvalue weighted by Crippen LogP contribution is -2.20. The third-order valence-electron chi connectivity index (χ3n) is 3.01. The van der Waals surface area contributed by atoms with Crippen molar-refractivity contribution in [3.8, 4) is 23.0 Å². The normalized spacial score (nSPS) is 9.92. The van der Waals surface area contributed by atoms with Crippen LogP contribution < -0.4 is 24.7 Å². The molecule has 0 saturated carbocycles. The van der Waals surface area contributed by atoms with Gasteiger partial charge in [-0.3, -0.25) is 4.79 Å². The number of para-hydroxylation sites is 1. The Hall–Kier alpha value is -3.22. The number of benzene rings is 2. The molecule has 2 rings (SSSR count). The molecule has 0 aliphatic heterocycles. The lowest BCUT2D eigenvalue weighted by Gasteiger charge is -2.15. The molecule has 0 atom stereocenters. The number of rotatable bonds is 7. The second-order valence-electron chi connectivity index (χ2n) is 4.67. The fourth-order valence-corrected chi connectivity index (χ4v) is 1.94. The van der Waals surface area contributed by atoms with E-state index >= 15 is 0 Å². The van der Waals surface area contributed by atoms with E-state index in [1.807, 2.05) is 6.07 Å². The molecule has 2 aromatic rings. The Bertz CT molecular complexity index is 704. The molecule has 0 aromatic heterocycles. The van der Waals surface area contributed by atoms with Gasteiger partial charge in [-0.1, -0.05) is 18.2 Å². The second-order valence-corrected chi connectivity index (χ2v) is 4.67. The van der Waals surface area contributed by atoms with Gasteiger partial charge in [0.05, 0.1) is 19.8 Å². The summed E-state index contributed by atoms with van der Waals surface area (Å²) in [5.74, 6) is -0.207. The molecule has 0 bridgehead atoms. The smallest absolute Gasteiger partial charge is 0.343 e. The van der Waals surface area contributed by atoms with E-state index < -0.39 is 11.9 Å². The molecule has 2 N–H and O–H groups in total. The Morgan fingerprint density at radius 3 is 2.08 bits per heavy atom. The van der Waals surface area contributed by atoms with Crippen LogP contribution in [0.5, 0.6) is 23.0 Å². The van der Waals surface area contributed by atoms with Crippen LogP contribution >= 0.6 is 0 Å². The molecule has 7 heteroatoms. The highest BCUT2D eigenvalue weighted by Gasteiger charge is 2.19. The van der Waals surface area contributed by atoms with E-state index in [2.05, 4.69) is 0 Å². The average Bonchev–Trinajstić information content (AvgIpc) is 2.59. The van der Waals surface area contributed by atoms with Crippen LogP contribution in [0, 0.1) is 0 Å². The first kappa shape index (κ1) is 17.1. The summed E-state index contributed by atoms with van der Waals surface area (Å²) in [4.78, 5) is 23.2. The van der Waals surface area contributed by atoms with Gasteiger partial charge in [0.25, 0.3) is 5.91 Å². The summed E-state index contributed by atoms with van der Waals surface area (Å²) in [5.41, 5.74) is 5.28. The van der Waals surface area contributed by atoms with E-state index in [1.54, 1.807) is 24.3 Å². The minimum atomic E-state index is -0.647. The first-order valence-electron chi connectivity index (χ1n) is 6.99. The molecular formula is C17H17NO6. The van der Waals surface area contributed by atoms with Gasteiger partial charge in [-0.05, 0) is 24.3 Å². The van der Waals surface area contributed by atoms with Crippen LogP contribution in [0.3, 0.4) is 0 Å². The zero-order valence-corrected chi connectivity index (χ0v) is 13.3. The fraction of sp³-hybridized carbons (Fsp3) is 0.176. The lowest BCUT2D eigenvalue weighted by molar-refractivity contribution is -0.120. The standard InChI is InChI=1S/C17H17NO6/c1-21-13-8-11(17(20)24-12-6-4-3-5-7-12)9-14(22-2)16(13)23-10-15(18)19/h3-9H,10H2,1-2H3,(H2,18,19). The topological polar surface area (TPSA) is 97.1 Å². The van der Waals surface area contributed by atoms with Gasteiger partial charge >= 0.3 is 5.97 Å². The number of methoxy groups -OCH3 is 2. The monoisotopic (exact) mass is 331 g/mol. The van der Waals surface area contributed by atoms with Crippen LogP contribution in [0.4, 0.5) is 0 Å². The van der Waals surface area contributed by atoms with Crippen molar-refractivity contribution >= 4 is 11.9 Å². The third kappa shape index (κ3) is 4.16. The van der Waals surface area contributed by atoms with Crippen molar-refractivity contribution in [1.29, 1.82) is 0 Å². The molecular weight excluding hydrogens is 314 g/mol. The molecule has 0 unspecified atom stereocenters. The summed E-state index contributed by atoms with van der Waals surface area (Å²) >= 11 is 0. The number of hydrogen-bond acceptors (Lipinski definition) is 6. The van der Waals surface area contributed by atoms with Crippen molar-refractivity contribution in [2.24, 2.45) is 5.73 Å². The van der Waals surface area contributed by atoms with Crippen LogP contribution in [0.25, 0.3) is 0 Å². The molecule has 24 heavy (non-hydrogen) atoms. The maximum Gasteiger partial charge on any atom is 0.343 e. The van der Waals surface area contributed by atoms with Crippen molar-refractivity contribution < 1.29 is 28.5 Å². The number of hydrogen-bond donors (Lipinski definition) is 1. The number of ether oxygens (including phenoxy) is 4. The maximum absolute atomic E-state index is 12.3. The molecule has 0 aliphatic carbocycles. The summed E-state index contributed by atoms with van der Waals surface area (Å²) < 4.78 is 21.0. The zero-order chi connectivity index (χ0) is 17.5. The summed E-state index contributed by atoms with van der Waals surface area (Å²) in [7, 11) is 2.80. The van der Waals surface area contributed by atoms with Gasteiger partial charge in [0.1, 0.15) is 5.75 Å². The number of carbonyl (C=O) groups is 2. The highest BCUT2D eigenvalue weighted by molar-refractivity contribution is 5.92. The molecule has 0 fully saturated rings. The number of carbonyl (C=O) groups excluding carboxylic acids is 2. The van der Waals surface area contributed by atoms with E-state index in [0.29, 0.717) is 5.75 Å². The SMILES string of the molecule is COc1cc(C(=O)Oc2ccccc2)cc(OC)c1OCC(N)=O. The minimum absolute atomic E-state index is 0.176. The van der Waals surface area contributed by atoms with Crippen LogP contribution in [0.2, 0.25) is 0 Å². The largest absolute Gasteiger partial charge is 0.493 e. The molecule has 0 heterocycles. The molecule has 7 nitrogen and oxygen atoms in total. The fourth-order valence-electron chi connectivity index (χ4n) is 1.94. The summed E-state index contributed by atoms with van der Waals surface area (Å²) in [6.45, 7) is -0.347. The van der Waals surface area contributed by atoms with E-state index in [0.717, 1.165) is 0 Å². The summed E-state index contributed by atoms with van der Waals surface area (Å²) in [6, 6.07) is 11.5. The highest BCUT2D eigenvalue weighted by atomic mass is 16.5. The molecule has 0 spiro atoms. The van der Waals surface area contributed by atoms with Gasteiger partial charge in [0.15, 0.2) is 18.1 Å². The predicted molar refractivity (Wildman–Crippen MR) is 85.6 cm³/mol. The van der Waals surface area contributed by atoms with Crippen molar-refractivity contribution in [2.45, 2.75) is 0 Å². The zero-order valence-electron chi connectivity index (χ0n) is 13.3. The number of esters is 1. The summed E-state index contributed by atoms with van der Waals surface area (Å²) in [6.07, 6.45) is 0. The van der Waals surface area contributed by atoms with E-state index in [1.165, 1.54) is 26.4 Å². The molecule has 126 valence electrons. The maximum atomic E-state index is 12.3. The van der Waals surface area contributed by atoms with Gasteiger partial charge in [-0.2, -0.15) is 0 Å². The number of amides is 1. The Labute approximate surface area is 138 Å². The number of nitrogens with two attached hydrogens (primary N) is 1. The second kappa shape index (κ2) is 7.87. The highest BCUT2D eigenvalue weighted by Crippen LogP contribution is 2.38. The molecule has 1 amide bonds. The van der Waals surface area contributed by atoms with Crippen molar-refractivity contribution in [2.75, 3.05) is 20.8 Å². The Morgan fingerprint density at radius 1 is 1.00 bits per heavy atom. The van der Waals surface area contributed by atoms with Crippen LogP contribution in [-0.4, -0.2) is 32.7 Å². The quantitative estimate of drug-likeness (QED) is 0.613. The van der Waals surface area contributed by atoms with E-state index in [4.69, 9.17) is 24.7 Å². The Balaban J connectivity index is 2.30. The molecule has 2 aromatic carbocycles. The first-order valence-corrected chi connectivity index (χ1v) is 6.99. The minimum Gasteiger partial charge on any atom is -0.493 e. The third-order valence-corrected chi connectivity index (χ3v) is 3.01. The van der Waals surface area contributed by atoms with Gasteiger partial charge in [0, 0.05) is 0 Å². The van der Waals surface area contributed by atoms with Gasteiger partial charge in [-0.25, -0.2) is 4.79 Å². The average molecular weight is 331 g/mol. The van der Waals surface area contributed by atoms with Gasteiger partial charge < -0.3 is 24.7 Å². The predicted octanol–water partition coefficient (Wildman–Crippen LogP) is 1.79. The van der Waals surface area contributed by atoms with Crippen molar-refractivity contribution in [3.63, 3.8) is 0 Å². The van der Waals surface area contributed by atoms with Crippen LogP contribution in [0.1, 0.15) is 10.4 Å². The van der Waals surface area contributed by atoms with E-state index in [-0.39, 0.29) is 29.4 Å². The first-order chi connectivity index (χ1) is 11.5. The van der Waals surface area contributed by atoms with E-state index in [9.17, 15) is 9.59 Å².